The van der Waals surface area contributed by atoms with Gasteiger partial charge in [-0.1, -0.05) is 29.5 Å². The Morgan fingerprint density at radius 1 is 1.14 bits per heavy atom. The number of methoxy groups -OCH3 is 1. The molecule has 0 fully saturated rings. The lowest BCUT2D eigenvalue weighted by Gasteiger charge is -2.04. The maximum atomic E-state index is 5.20. The van der Waals surface area contributed by atoms with Crippen LogP contribution in [0.25, 0.3) is 10.6 Å². The summed E-state index contributed by atoms with van der Waals surface area (Å²) >= 11 is 3.44. The number of anilines is 1. The number of hydrogen-bond acceptors (Lipinski definition) is 6. The first-order valence-electron chi connectivity index (χ1n) is 9.12. The predicted octanol–water partition coefficient (Wildman–Crippen LogP) is 5.24. The molecule has 0 bridgehead atoms. The summed E-state index contributed by atoms with van der Waals surface area (Å²) in [5.74, 6) is 0.866. The number of nitrogens with one attached hydrogen (secondary N) is 1. The molecule has 0 saturated heterocycles. The van der Waals surface area contributed by atoms with Gasteiger partial charge in [-0.3, -0.25) is 4.68 Å². The predicted molar refractivity (Wildman–Crippen MR) is 116 cm³/mol. The smallest absolute Gasteiger partial charge is 0.183 e. The summed E-state index contributed by atoms with van der Waals surface area (Å²) in [5.41, 5.74) is 3.18. The minimum Gasteiger partial charge on any atom is -0.497 e. The van der Waals surface area contributed by atoms with Crippen molar-refractivity contribution in [1.82, 2.24) is 14.8 Å². The Balaban J connectivity index is 1.39. The Morgan fingerprint density at radius 2 is 2.00 bits per heavy atom. The van der Waals surface area contributed by atoms with Crippen LogP contribution in [-0.4, -0.2) is 21.9 Å². The van der Waals surface area contributed by atoms with Gasteiger partial charge in [-0.25, -0.2) is 4.98 Å². The van der Waals surface area contributed by atoms with Crippen LogP contribution in [0.5, 0.6) is 5.75 Å². The number of rotatable bonds is 8. The first-order valence-corrected chi connectivity index (χ1v) is 10.8. The Labute approximate surface area is 172 Å². The van der Waals surface area contributed by atoms with E-state index in [1.807, 2.05) is 29.9 Å². The molecule has 0 aliphatic rings. The van der Waals surface area contributed by atoms with E-state index < -0.39 is 0 Å². The van der Waals surface area contributed by atoms with Crippen LogP contribution in [0.2, 0.25) is 0 Å². The van der Waals surface area contributed by atoms with E-state index in [0.717, 1.165) is 46.7 Å². The minimum absolute atomic E-state index is 0.728. The number of aryl methyl sites for hydroxylation is 3. The fourth-order valence-corrected chi connectivity index (χ4v) is 4.54. The molecule has 0 aliphatic heterocycles. The van der Waals surface area contributed by atoms with Crippen molar-refractivity contribution in [2.45, 2.75) is 26.4 Å². The summed E-state index contributed by atoms with van der Waals surface area (Å²) in [5, 5.41) is 11.2. The highest BCUT2D eigenvalue weighted by atomic mass is 32.1. The monoisotopic (exact) mass is 410 g/mol. The Hall–Kier alpha value is -2.64. The van der Waals surface area contributed by atoms with Crippen molar-refractivity contribution < 1.29 is 4.74 Å². The molecule has 0 spiro atoms. The topological polar surface area (TPSA) is 52.0 Å². The molecule has 1 aromatic carbocycles. The fourth-order valence-electron chi connectivity index (χ4n) is 2.92. The average molecular weight is 411 g/mol. The molecule has 3 heterocycles. The largest absolute Gasteiger partial charge is 0.497 e. The normalized spacial score (nSPS) is 10.9. The van der Waals surface area contributed by atoms with Crippen LogP contribution in [-0.2, 0) is 19.5 Å². The third-order valence-electron chi connectivity index (χ3n) is 4.44. The van der Waals surface area contributed by atoms with Crippen LogP contribution >= 0.6 is 22.7 Å². The van der Waals surface area contributed by atoms with Gasteiger partial charge >= 0.3 is 0 Å². The van der Waals surface area contributed by atoms with Crippen LogP contribution in [0, 0.1) is 6.92 Å². The summed E-state index contributed by atoms with van der Waals surface area (Å²) < 4.78 is 7.21. The summed E-state index contributed by atoms with van der Waals surface area (Å²) in [4.78, 5) is 7.17. The molecule has 0 aliphatic carbocycles. The van der Waals surface area contributed by atoms with Crippen molar-refractivity contribution in [2.75, 3.05) is 12.4 Å². The quantitative estimate of drug-likeness (QED) is 0.432. The number of benzene rings is 1. The molecule has 5 nitrogen and oxygen atoms in total. The lowest BCUT2D eigenvalue weighted by Crippen LogP contribution is -2.00. The molecular weight excluding hydrogens is 388 g/mol. The number of nitrogens with zero attached hydrogens (tertiary/aromatic N) is 3. The van der Waals surface area contributed by atoms with Crippen molar-refractivity contribution >= 4 is 27.8 Å². The van der Waals surface area contributed by atoms with Gasteiger partial charge in [0.2, 0.25) is 0 Å². The molecule has 0 saturated carbocycles. The zero-order chi connectivity index (χ0) is 19.3. The van der Waals surface area contributed by atoms with Crippen molar-refractivity contribution in [3.05, 3.63) is 70.2 Å². The zero-order valence-corrected chi connectivity index (χ0v) is 17.5. The summed E-state index contributed by atoms with van der Waals surface area (Å²) in [6.07, 6.45) is 3.06. The van der Waals surface area contributed by atoms with Crippen LogP contribution in [0.4, 0.5) is 5.13 Å². The fraction of sp³-hybridized carbons (Fsp3) is 0.238. The lowest BCUT2D eigenvalue weighted by molar-refractivity contribution is 0.414. The van der Waals surface area contributed by atoms with E-state index in [0.29, 0.717) is 0 Å². The molecular formula is C21H22N4OS2. The Kier molecular flexibility index (Phi) is 5.73. The van der Waals surface area contributed by atoms with Crippen LogP contribution < -0.4 is 10.1 Å². The molecule has 4 aromatic rings. The van der Waals surface area contributed by atoms with E-state index in [4.69, 9.17) is 9.84 Å². The van der Waals surface area contributed by atoms with Crippen LogP contribution in [0.1, 0.15) is 16.1 Å². The summed E-state index contributed by atoms with van der Waals surface area (Å²) in [6.45, 7) is 3.65. The number of thiazole rings is 1. The van der Waals surface area contributed by atoms with E-state index in [1.54, 1.807) is 29.8 Å². The van der Waals surface area contributed by atoms with Gasteiger partial charge < -0.3 is 10.1 Å². The number of hydrogen-bond donors (Lipinski definition) is 1. The molecule has 0 unspecified atom stereocenters. The molecule has 3 aromatic heterocycles. The molecule has 4 rings (SSSR count). The van der Waals surface area contributed by atoms with E-state index in [1.165, 1.54) is 10.4 Å². The summed E-state index contributed by atoms with van der Waals surface area (Å²) in [7, 11) is 1.68. The van der Waals surface area contributed by atoms with Gasteiger partial charge in [0.15, 0.2) is 5.13 Å². The van der Waals surface area contributed by atoms with Crippen molar-refractivity contribution in [3.63, 3.8) is 0 Å². The van der Waals surface area contributed by atoms with Gasteiger partial charge in [0, 0.05) is 30.6 Å². The number of ether oxygens (including phenoxy) is 1. The zero-order valence-electron chi connectivity index (χ0n) is 15.9. The van der Waals surface area contributed by atoms with Crippen LogP contribution in [0.3, 0.4) is 0 Å². The summed E-state index contributed by atoms with van der Waals surface area (Å²) in [6, 6.07) is 14.4. The van der Waals surface area contributed by atoms with Gasteiger partial charge in [0.25, 0.3) is 0 Å². The first kappa shape index (κ1) is 18.7. The highest BCUT2D eigenvalue weighted by Gasteiger charge is 2.12. The Morgan fingerprint density at radius 3 is 2.75 bits per heavy atom. The first-order chi connectivity index (χ1) is 13.7. The van der Waals surface area contributed by atoms with Gasteiger partial charge in [0.1, 0.15) is 11.4 Å². The van der Waals surface area contributed by atoms with Crippen molar-refractivity contribution in [3.8, 4) is 16.3 Å². The highest BCUT2D eigenvalue weighted by molar-refractivity contribution is 7.19. The molecule has 0 radical (unpaired) electrons. The minimum atomic E-state index is 0.728. The highest BCUT2D eigenvalue weighted by Crippen LogP contribution is 2.32. The second-order valence-corrected chi connectivity index (χ2v) is 8.46. The molecule has 0 atom stereocenters. The molecule has 144 valence electrons. The second-order valence-electron chi connectivity index (χ2n) is 6.43. The van der Waals surface area contributed by atoms with Crippen LogP contribution in [0.15, 0.2) is 54.0 Å². The molecule has 0 amide bonds. The van der Waals surface area contributed by atoms with Gasteiger partial charge in [-0.15, -0.1) is 11.3 Å². The van der Waals surface area contributed by atoms with Crippen molar-refractivity contribution in [2.24, 2.45) is 0 Å². The van der Waals surface area contributed by atoms with E-state index >= 15 is 0 Å². The van der Waals surface area contributed by atoms with Gasteiger partial charge in [-0.05, 0) is 42.1 Å². The van der Waals surface area contributed by atoms with E-state index in [9.17, 15) is 0 Å². The third kappa shape index (κ3) is 4.43. The van der Waals surface area contributed by atoms with E-state index in [2.05, 4.69) is 46.0 Å². The maximum Gasteiger partial charge on any atom is 0.183 e. The number of thiophene rings is 1. The second kappa shape index (κ2) is 8.58. The molecule has 7 heteroatoms. The van der Waals surface area contributed by atoms with Crippen molar-refractivity contribution in [1.29, 1.82) is 0 Å². The maximum absolute atomic E-state index is 5.20. The lowest BCUT2D eigenvalue weighted by atomic mass is 10.2. The standard InChI is InChI=1S/C21H22N4OS2/c1-15-20(19-10-12-25(24-19)11-9-18-4-3-13-27-18)28-21(23-15)22-14-16-5-7-17(26-2)8-6-16/h3-8,10,12-13H,9,11,14H2,1-2H3,(H,22,23). The number of aromatic nitrogens is 3. The molecule has 28 heavy (non-hydrogen) atoms. The van der Waals surface area contributed by atoms with Gasteiger partial charge in [-0.2, -0.15) is 5.10 Å². The average Bonchev–Trinajstić information content (AvgIpc) is 3.46. The van der Waals surface area contributed by atoms with E-state index in [-0.39, 0.29) is 0 Å². The third-order valence-corrected chi connectivity index (χ3v) is 6.51. The van der Waals surface area contributed by atoms with Gasteiger partial charge in [0.05, 0.1) is 17.7 Å². The Bertz CT molecular complexity index is 1020. The SMILES string of the molecule is COc1ccc(CNc2nc(C)c(-c3ccn(CCc4cccs4)n3)s2)cc1. The molecule has 1 N–H and O–H groups in total.